The maximum atomic E-state index is 6.04. The molecule has 0 saturated heterocycles. The number of nitrogens with zero attached hydrogens (tertiary/aromatic N) is 4. The van der Waals surface area contributed by atoms with Crippen molar-refractivity contribution in [3.05, 3.63) is 78.4 Å². The van der Waals surface area contributed by atoms with Gasteiger partial charge in [0.2, 0.25) is 0 Å². The molecule has 154 valence electrons. The average molecular weight is 428 g/mol. The van der Waals surface area contributed by atoms with Crippen molar-refractivity contribution in [2.75, 3.05) is 5.73 Å². The molecule has 0 aliphatic rings. The highest BCUT2D eigenvalue weighted by atomic mass is 32.1. The van der Waals surface area contributed by atoms with E-state index in [1.54, 1.807) is 11.3 Å². The van der Waals surface area contributed by atoms with E-state index in [0.717, 1.165) is 48.9 Å². The monoisotopic (exact) mass is 427 g/mol. The van der Waals surface area contributed by atoms with Crippen LogP contribution in [0.4, 0.5) is 5.82 Å². The first kappa shape index (κ1) is 19.3. The molecule has 0 amide bonds. The highest BCUT2D eigenvalue weighted by molar-refractivity contribution is 7.21. The summed E-state index contributed by atoms with van der Waals surface area (Å²) in [6, 6.07) is 18.3. The fourth-order valence-electron chi connectivity index (χ4n) is 3.64. The smallest absolute Gasteiger partial charge is 0.135 e. The molecule has 0 spiro atoms. The predicted molar refractivity (Wildman–Crippen MR) is 125 cm³/mol. The summed E-state index contributed by atoms with van der Waals surface area (Å²) in [4.78, 5) is 15.1. The van der Waals surface area contributed by atoms with Crippen molar-refractivity contribution in [3.63, 3.8) is 0 Å². The Labute approximate surface area is 184 Å². The lowest BCUT2D eigenvalue weighted by atomic mass is 10.0. The van der Waals surface area contributed by atoms with E-state index in [4.69, 9.17) is 15.5 Å². The van der Waals surface area contributed by atoms with Gasteiger partial charge in [-0.15, -0.1) is 11.3 Å². The first-order valence-corrected chi connectivity index (χ1v) is 10.7. The third-order valence-electron chi connectivity index (χ3n) is 5.23. The van der Waals surface area contributed by atoms with Gasteiger partial charge in [-0.25, -0.2) is 15.0 Å². The SMILES string of the molecule is Cc1cc(OCc2ccccc2)ccc1-c1ncn(C)c1-c1cc2c(N)ncnc2s1. The van der Waals surface area contributed by atoms with E-state index >= 15 is 0 Å². The Kier molecular flexibility index (Phi) is 4.88. The van der Waals surface area contributed by atoms with Crippen LogP contribution in [0, 0.1) is 6.92 Å². The van der Waals surface area contributed by atoms with Crippen LogP contribution in [0.5, 0.6) is 5.75 Å². The molecule has 0 aliphatic heterocycles. The second-order valence-electron chi connectivity index (χ2n) is 7.39. The number of aromatic nitrogens is 4. The highest BCUT2D eigenvalue weighted by Gasteiger charge is 2.18. The molecular weight excluding hydrogens is 406 g/mol. The third-order valence-corrected chi connectivity index (χ3v) is 6.28. The van der Waals surface area contributed by atoms with Crippen LogP contribution in [0.3, 0.4) is 0 Å². The predicted octanol–water partition coefficient (Wildman–Crippen LogP) is 5.23. The number of hydrogen-bond acceptors (Lipinski definition) is 6. The van der Waals surface area contributed by atoms with E-state index in [-0.39, 0.29) is 0 Å². The lowest BCUT2D eigenvalue weighted by molar-refractivity contribution is 0.306. The second-order valence-corrected chi connectivity index (χ2v) is 8.42. The zero-order chi connectivity index (χ0) is 21.4. The average Bonchev–Trinajstić information content (AvgIpc) is 3.37. The van der Waals surface area contributed by atoms with E-state index in [1.807, 2.05) is 48.3 Å². The lowest BCUT2D eigenvalue weighted by Gasteiger charge is -2.11. The molecule has 0 atom stereocenters. The number of hydrogen-bond donors (Lipinski definition) is 1. The van der Waals surface area contributed by atoms with Gasteiger partial charge in [0.15, 0.2) is 0 Å². The Morgan fingerprint density at radius 3 is 2.65 bits per heavy atom. The Morgan fingerprint density at radius 1 is 1.03 bits per heavy atom. The number of nitrogens with two attached hydrogens (primary N) is 1. The number of benzene rings is 2. The molecule has 2 N–H and O–H groups in total. The van der Waals surface area contributed by atoms with Gasteiger partial charge >= 0.3 is 0 Å². The molecule has 3 aromatic heterocycles. The molecule has 7 heteroatoms. The van der Waals surface area contributed by atoms with E-state index < -0.39 is 0 Å². The summed E-state index contributed by atoms with van der Waals surface area (Å²) in [6.07, 6.45) is 3.34. The molecule has 0 fully saturated rings. The van der Waals surface area contributed by atoms with E-state index in [1.165, 1.54) is 6.33 Å². The van der Waals surface area contributed by atoms with Crippen molar-refractivity contribution in [2.24, 2.45) is 7.05 Å². The van der Waals surface area contributed by atoms with Crippen molar-refractivity contribution < 1.29 is 4.74 Å². The van der Waals surface area contributed by atoms with E-state index in [0.29, 0.717) is 12.4 Å². The number of rotatable bonds is 5. The van der Waals surface area contributed by atoms with Crippen LogP contribution < -0.4 is 10.5 Å². The normalized spacial score (nSPS) is 11.2. The molecule has 2 aromatic carbocycles. The summed E-state index contributed by atoms with van der Waals surface area (Å²) < 4.78 is 8.01. The number of thiophene rings is 1. The molecule has 5 aromatic rings. The molecule has 0 bridgehead atoms. The molecule has 0 aliphatic carbocycles. The minimum Gasteiger partial charge on any atom is -0.489 e. The van der Waals surface area contributed by atoms with Crippen molar-refractivity contribution in [1.82, 2.24) is 19.5 Å². The van der Waals surface area contributed by atoms with Crippen LogP contribution in [0.2, 0.25) is 0 Å². The van der Waals surface area contributed by atoms with E-state index in [9.17, 15) is 0 Å². The molecule has 0 saturated carbocycles. The van der Waals surface area contributed by atoms with E-state index in [2.05, 4.69) is 41.2 Å². The maximum absolute atomic E-state index is 6.04. The Hall–Kier alpha value is -3.71. The number of ether oxygens (including phenoxy) is 1. The molecule has 6 nitrogen and oxygen atoms in total. The first-order chi connectivity index (χ1) is 15.1. The third kappa shape index (κ3) is 3.64. The Bertz CT molecular complexity index is 1370. The second kappa shape index (κ2) is 7.85. The van der Waals surface area contributed by atoms with Crippen LogP contribution in [-0.2, 0) is 13.7 Å². The van der Waals surface area contributed by atoms with Crippen LogP contribution in [0.15, 0.2) is 67.3 Å². The number of imidazole rings is 1. The number of aryl methyl sites for hydroxylation is 2. The van der Waals surface area contributed by atoms with Crippen molar-refractivity contribution in [2.45, 2.75) is 13.5 Å². The van der Waals surface area contributed by atoms with Gasteiger partial charge in [0.1, 0.15) is 29.3 Å². The van der Waals surface area contributed by atoms with Crippen molar-refractivity contribution in [3.8, 4) is 27.6 Å². The summed E-state index contributed by atoms with van der Waals surface area (Å²) in [7, 11) is 2.00. The lowest BCUT2D eigenvalue weighted by Crippen LogP contribution is -1.96. The summed E-state index contributed by atoms with van der Waals surface area (Å²) >= 11 is 1.59. The zero-order valence-electron chi connectivity index (χ0n) is 17.2. The van der Waals surface area contributed by atoms with Gasteiger partial charge in [-0.2, -0.15) is 0 Å². The molecule has 0 unspecified atom stereocenters. The molecular formula is C24H21N5OS. The Morgan fingerprint density at radius 2 is 1.87 bits per heavy atom. The van der Waals surface area contributed by atoms with Gasteiger partial charge in [-0.3, -0.25) is 0 Å². The largest absolute Gasteiger partial charge is 0.489 e. The summed E-state index contributed by atoms with van der Waals surface area (Å²) in [6.45, 7) is 2.62. The van der Waals surface area contributed by atoms with Gasteiger partial charge in [0, 0.05) is 12.6 Å². The quantitative estimate of drug-likeness (QED) is 0.416. The van der Waals surface area contributed by atoms with Crippen molar-refractivity contribution in [1.29, 1.82) is 0 Å². The number of nitrogen functional groups attached to an aromatic ring is 1. The molecule has 31 heavy (non-hydrogen) atoms. The van der Waals surface area contributed by atoms with Crippen molar-refractivity contribution >= 4 is 27.4 Å². The molecule has 0 radical (unpaired) electrons. The zero-order valence-corrected chi connectivity index (χ0v) is 18.1. The molecule has 5 rings (SSSR count). The topological polar surface area (TPSA) is 78.9 Å². The van der Waals surface area contributed by atoms with Gasteiger partial charge < -0.3 is 15.0 Å². The van der Waals surface area contributed by atoms with Gasteiger partial charge in [0.05, 0.1) is 28.0 Å². The molecule has 3 heterocycles. The van der Waals surface area contributed by atoms with Gasteiger partial charge in [-0.1, -0.05) is 30.3 Å². The Balaban J connectivity index is 1.49. The fraction of sp³-hybridized carbons (Fsp3) is 0.125. The first-order valence-electron chi connectivity index (χ1n) is 9.89. The minimum absolute atomic E-state index is 0.493. The number of fused-ring (bicyclic) bond motifs is 1. The summed E-state index contributed by atoms with van der Waals surface area (Å²) in [5, 5.41) is 0.871. The van der Waals surface area contributed by atoms with Gasteiger partial charge in [-0.05, 0) is 42.3 Å². The summed E-state index contributed by atoms with van der Waals surface area (Å²) in [5.74, 6) is 1.33. The number of anilines is 1. The van der Waals surface area contributed by atoms with Crippen LogP contribution >= 0.6 is 11.3 Å². The standard InChI is InChI=1S/C24H21N5OS/c1-15-10-17(30-12-16-6-4-3-5-7-16)8-9-18(15)21-22(29(2)14-28-21)20-11-19-23(25)26-13-27-24(19)31-20/h3-11,13-14H,12H2,1-2H3,(H2,25,26,27). The van der Waals surface area contributed by atoms with Crippen LogP contribution in [0.25, 0.3) is 32.0 Å². The minimum atomic E-state index is 0.493. The van der Waals surface area contributed by atoms with Gasteiger partial charge in [0.25, 0.3) is 0 Å². The summed E-state index contributed by atoms with van der Waals surface area (Å²) in [5.41, 5.74) is 11.3. The van der Waals surface area contributed by atoms with Crippen LogP contribution in [-0.4, -0.2) is 19.5 Å². The highest BCUT2D eigenvalue weighted by Crippen LogP contribution is 2.39. The fourth-order valence-corrected chi connectivity index (χ4v) is 4.74. The van der Waals surface area contributed by atoms with Crippen LogP contribution in [0.1, 0.15) is 11.1 Å². The maximum Gasteiger partial charge on any atom is 0.135 e.